The summed E-state index contributed by atoms with van der Waals surface area (Å²) in [4.78, 5) is 40.3. The number of aliphatic hydroxyl groups excluding tert-OH is 2. The third kappa shape index (κ3) is 5.91. The van der Waals surface area contributed by atoms with Crippen molar-refractivity contribution in [3.8, 4) is 5.75 Å². The molecule has 0 bridgehead atoms. The number of halogens is 2. The average molecular weight is 695 g/mol. The summed E-state index contributed by atoms with van der Waals surface area (Å²) in [7, 11) is 0. The van der Waals surface area contributed by atoms with E-state index in [9.17, 15) is 19.8 Å². The standard InChI is InChI=1S/C26H29Br2N7O6/c27-13-1-4-16(15(28)10-13)40-26(39)34-7-5-12(6-8-34)9-17-32-22(29)18-23(33-17)35(11-30-18)25-20(37)19(36)21(41-25)24(38)31-14-2-3-14/h1,4,10-12,14,19-21,25,36-37H,2-3,5-9H2,(H,31,38)(H2,29,32,33)/t19?,20?,21-,25+/m0/s1. The van der Waals surface area contributed by atoms with Crippen LogP contribution >= 0.6 is 31.9 Å². The van der Waals surface area contributed by atoms with Crippen LogP contribution in [0.3, 0.4) is 0 Å². The molecule has 2 amide bonds. The van der Waals surface area contributed by atoms with Crippen LogP contribution in [0.2, 0.25) is 0 Å². The van der Waals surface area contributed by atoms with Gasteiger partial charge in [0.05, 0.1) is 10.8 Å². The molecule has 1 aliphatic carbocycles. The number of nitrogens with one attached hydrogen (secondary N) is 1. The minimum absolute atomic E-state index is 0.0878. The average Bonchev–Trinajstić information content (AvgIpc) is 3.58. The third-order valence-electron chi connectivity index (χ3n) is 7.62. The topological polar surface area (TPSA) is 178 Å². The van der Waals surface area contributed by atoms with Gasteiger partial charge in [0.2, 0.25) is 0 Å². The number of nitrogen functional groups attached to an aromatic ring is 1. The predicted octanol–water partition coefficient (Wildman–Crippen LogP) is 2.28. The Morgan fingerprint density at radius 1 is 1.12 bits per heavy atom. The van der Waals surface area contributed by atoms with E-state index in [2.05, 4.69) is 52.1 Å². The number of ether oxygens (including phenoxy) is 2. The van der Waals surface area contributed by atoms with Gasteiger partial charge < -0.3 is 35.6 Å². The van der Waals surface area contributed by atoms with Gasteiger partial charge >= 0.3 is 6.09 Å². The lowest BCUT2D eigenvalue weighted by atomic mass is 9.93. The van der Waals surface area contributed by atoms with E-state index in [1.54, 1.807) is 17.0 Å². The molecular weight excluding hydrogens is 666 g/mol. The number of benzene rings is 1. The Balaban J connectivity index is 1.11. The van der Waals surface area contributed by atoms with Crippen molar-refractivity contribution in [2.24, 2.45) is 5.92 Å². The summed E-state index contributed by atoms with van der Waals surface area (Å²) in [5.41, 5.74) is 6.89. The van der Waals surface area contributed by atoms with Crippen LogP contribution in [0.1, 0.15) is 37.7 Å². The molecule has 41 heavy (non-hydrogen) atoms. The summed E-state index contributed by atoms with van der Waals surface area (Å²) in [5, 5.41) is 24.0. The fraction of sp³-hybridized carbons (Fsp3) is 0.500. The molecule has 5 N–H and O–H groups in total. The van der Waals surface area contributed by atoms with Gasteiger partial charge in [0.1, 0.15) is 29.3 Å². The van der Waals surface area contributed by atoms with Crippen molar-refractivity contribution >= 4 is 60.8 Å². The van der Waals surface area contributed by atoms with Crippen LogP contribution in [0.5, 0.6) is 5.75 Å². The largest absolute Gasteiger partial charge is 0.415 e. The van der Waals surface area contributed by atoms with Gasteiger partial charge in [-0.15, -0.1) is 0 Å². The van der Waals surface area contributed by atoms with Gasteiger partial charge in [0.15, 0.2) is 23.8 Å². The summed E-state index contributed by atoms with van der Waals surface area (Å²) in [5.74, 6) is 0.874. The number of imidazole rings is 1. The quantitative estimate of drug-likeness (QED) is 0.299. The van der Waals surface area contributed by atoms with E-state index in [4.69, 9.17) is 15.2 Å². The van der Waals surface area contributed by atoms with Crippen molar-refractivity contribution in [2.45, 2.75) is 62.7 Å². The molecule has 6 rings (SSSR count). The second kappa shape index (κ2) is 11.4. The van der Waals surface area contributed by atoms with Crippen molar-refractivity contribution in [3.05, 3.63) is 39.3 Å². The zero-order valence-corrected chi connectivity index (χ0v) is 25.0. The highest BCUT2D eigenvalue weighted by Crippen LogP contribution is 2.34. The maximum absolute atomic E-state index is 12.7. The minimum Gasteiger partial charge on any atom is -0.409 e. The van der Waals surface area contributed by atoms with E-state index < -0.39 is 36.5 Å². The van der Waals surface area contributed by atoms with Crippen molar-refractivity contribution in [1.82, 2.24) is 29.7 Å². The molecule has 4 heterocycles. The van der Waals surface area contributed by atoms with Crippen molar-refractivity contribution in [3.63, 3.8) is 0 Å². The summed E-state index contributed by atoms with van der Waals surface area (Å²) in [6.45, 7) is 1.05. The van der Waals surface area contributed by atoms with Crippen LogP contribution in [0.25, 0.3) is 11.2 Å². The van der Waals surface area contributed by atoms with E-state index >= 15 is 0 Å². The van der Waals surface area contributed by atoms with Gasteiger partial charge in [-0.25, -0.2) is 19.7 Å². The molecule has 3 aliphatic rings. The first kappa shape index (κ1) is 28.3. The zero-order chi connectivity index (χ0) is 28.8. The Bertz CT molecular complexity index is 1480. The number of hydrogen-bond acceptors (Lipinski definition) is 10. The summed E-state index contributed by atoms with van der Waals surface area (Å²) >= 11 is 6.80. The smallest absolute Gasteiger partial charge is 0.409 e. The zero-order valence-electron chi connectivity index (χ0n) is 21.8. The Morgan fingerprint density at radius 2 is 1.88 bits per heavy atom. The number of fused-ring (bicyclic) bond motifs is 1. The lowest BCUT2D eigenvalue weighted by Crippen LogP contribution is -2.43. The first-order valence-corrected chi connectivity index (χ1v) is 15.0. The van der Waals surface area contributed by atoms with E-state index in [0.717, 1.165) is 30.2 Å². The molecular formula is C26H29Br2N7O6. The third-order valence-corrected chi connectivity index (χ3v) is 8.74. The molecule has 2 aliphatic heterocycles. The lowest BCUT2D eigenvalue weighted by molar-refractivity contribution is -0.137. The van der Waals surface area contributed by atoms with Crippen molar-refractivity contribution < 1.29 is 29.3 Å². The van der Waals surface area contributed by atoms with Crippen LogP contribution in [-0.4, -0.2) is 84.1 Å². The SMILES string of the molecule is Nc1nc(CC2CCN(C(=O)Oc3ccc(Br)cc3Br)CC2)nc2c1ncn2[C@@H]1O[C@H](C(=O)NC2CC2)C(O)C1O. The molecule has 4 atom stereocenters. The van der Waals surface area contributed by atoms with Gasteiger partial charge in [0, 0.05) is 30.0 Å². The maximum Gasteiger partial charge on any atom is 0.415 e. The Labute approximate surface area is 251 Å². The number of nitrogens with two attached hydrogens (primary N) is 1. The van der Waals surface area contributed by atoms with Crippen LogP contribution in [0, 0.1) is 5.92 Å². The first-order valence-electron chi connectivity index (χ1n) is 13.4. The van der Waals surface area contributed by atoms with Gasteiger partial charge in [-0.2, -0.15) is 0 Å². The highest BCUT2D eigenvalue weighted by molar-refractivity contribution is 9.11. The van der Waals surface area contributed by atoms with Crippen molar-refractivity contribution in [1.29, 1.82) is 0 Å². The molecule has 3 aromatic rings. The van der Waals surface area contributed by atoms with E-state index in [-0.39, 0.29) is 17.8 Å². The molecule has 3 fully saturated rings. The second-order valence-corrected chi connectivity index (χ2v) is 12.4. The minimum atomic E-state index is -1.41. The number of carbonyl (C=O) groups is 2. The molecule has 13 nitrogen and oxygen atoms in total. The Hall–Kier alpha value is -2.85. The molecule has 1 aromatic carbocycles. The number of aliphatic hydroxyl groups is 2. The first-order chi connectivity index (χ1) is 19.7. The van der Waals surface area contributed by atoms with Crippen LogP contribution in [-0.2, 0) is 16.0 Å². The van der Waals surface area contributed by atoms with Gasteiger partial charge in [-0.1, -0.05) is 15.9 Å². The van der Waals surface area contributed by atoms with E-state index in [1.165, 1.54) is 10.9 Å². The lowest BCUT2D eigenvalue weighted by Gasteiger charge is -2.31. The molecule has 2 aromatic heterocycles. The number of nitrogens with zero attached hydrogens (tertiary/aromatic N) is 5. The highest BCUT2D eigenvalue weighted by atomic mass is 79.9. The van der Waals surface area contributed by atoms with Gasteiger partial charge in [-0.3, -0.25) is 9.36 Å². The highest BCUT2D eigenvalue weighted by Gasteiger charge is 2.48. The molecule has 15 heteroatoms. The van der Waals surface area contributed by atoms with Crippen LogP contribution in [0.15, 0.2) is 33.5 Å². The fourth-order valence-corrected chi connectivity index (χ4v) is 6.30. The van der Waals surface area contributed by atoms with E-state index in [1.807, 2.05) is 6.07 Å². The number of carbonyl (C=O) groups excluding carboxylic acids is 2. The molecule has 0 spiro atoms. The Kier molecular flexibility index (Phi) is 7.89. The Morgan fingerprint density at radius 3 is 2.59 bits per heavy atom. The number of amides is 2. The van der Waals surface area contributed by atoms with Crippen molar-refractivity contribution in [2.75, 3.05) is 18.8 Å². The summed E-state index contributed by atoms with van der Waals surface area (Å²) in [6.07, 6.45) is -0.306. The molecule has 0 radical (unpaired) electrons. The number of anilines is 1. The molecule has 1 saturated carbocycles. The van der Waals surface area contributed by atoms with Crippen LogP contribution < -0.4 is 15.8 Å². The molecule has 2 saturated heterocycles. The molecule has 2 unspecified atom stereocenters. The maximum atomic E-state index is 12.7. The number of likely N-dealkylation sites (tertiary alicyclic amines) is 1. The summed E-state index contributed by atoms with van der Waals surface area (Å²) < 4.78 is 14.4. The normalized spacial score (nSPS) is 25.0. The number of aromatic nitrogens is 4. The fourth-order valence-electron chi connectivity index (χ4n) is 5.17. The van der Waals surface area contributed by atoms with Gasteiger partial charge in [-0.05, 0) is 65.7 Å². The van der Waals surface area contributed by atoms with Gasteiger partial charge in [0.25, 0.3) is 5.91 Å². The van der Waals surface area contributed by atoms with Crippen LogP contribution in [0.4, 0.5) is 10.6 Å². The number of hydrogen-bond donors (Lipinski definition) is 4. The predicted molar refractivity (Wildman–Crippen MR) is 153 cm³/mol. The summed E-state index contributed by atoms with van der Waals surface area (Å²) in [6, 6.07) is 5.43. The molecule has 218 valence electrons. The van der Waals surface area contributed by atoms with E-state index in [0.29, 0.717) is 46.7 Å². The number of rotatable bonds is 6. The number of piperidine rings is 1. The second-order valence-electron chi connectivity index (χ2n) is 10.6. The monoisotopic (exact) mass is 693 g/mol.